The summed E-state index contributed by atoms with van der Waals surface area (Å²) in [4.78, 5) is 0. The molecule has 0 aliphatic carbocycles. The van der Waals surface area contributed by atoms with Crippen LogP contribution in [-0.4, -0.2) is 15.8 Å². The molecule has 2 N–H and O–H groups in total. The first-order chi connectivity index (χ1) is 7.99. The summed E-state index contributed by atoms with van der Waals surface area (Å²) in [6.07, 6.45) is 2.92. The quantitative estimate of drug-likeness (QED) is 0.877. The van der Waals surface area contributed by atoms with Crippen LogP contribution in [0.3, 0.4) is 0 Å². The Morgan fingerprint density at radius 1 is 1.35 bits per heavy atom. The minimum Gasteiger partial charge on any atom is -0.327 e. The Balaban J connectivity index is 2.85. The molecular formula is C13H24BrN3. The van der Waals surface area contributed by atoms with Crippen molar-refractivity contribution in [1.82, 2.24) is 9.78 Å². The van der Waals surface area contributed by atoms with Gasteiger partial charge in [-0.25, -0.2) is 0 Å². The van der Waals surface area contributed by atoms with Crippen LogP contribution < -0.4 is 5.73 Å². The highest BCUT2D eigenvalue weighted by atomic mass is 79.9. The third-order valence-electron chi connectivity index (χ3n) is 2.92. The van der Waals surface area contributed by atoms with E-state index in [-0.39, 0.29) is 6.04 Å². The molecule has 4 heteroatoms. The number of nitrogens with two attached hydrogens (primary N) is 1. The van der Waals surface area contributed by atoms with Crippen LogP contribution in [0.2, 0.25) is 0 Å². The second kappa shape index (κ2) is 6.55. The molecular weight excluding hydrogens is 278 g/mol. The molecule has 0 aromatic carbocycles. The van der Waals surface area contributed by atoms with E-state index in [2.05, 4.69) is 53.4 Å². The van der Waals surface area contributed by atoms with E-state index in [0.717, 1.165) is 36.0 Å². The molecule has 0 saturated heterocycles. The van der Waals surface area contributed by atoms with Gasteiger partial charge in [0.05, 0.1) is 15.9 Å². The Morgan fingerprint density at radius 2 is 2.00 bits per heavy atom. The van der Waals surface area contributed by atoms with Crippen LogP contribution in [0.5, 0.6) is 0 Å². The van der Waals surface area contributed by atoms with Gasteiger partial charge in [0.15, 0.2) is 0 Å². The molecule has 0 spiro atoms. The summed E-state index contributed by atoms with van der Waals surface area (Å²) in [7, 11) is 0. The molecule has 0 radical (unpaired) electrons. The second-order valence-corrected chi connectivity index (χ2v) is 5.76. The molecule has 0 aliphatic heterocycles. The zero-order valence-corrected chi connectivity index (χ0v) is 12.9. The fourth-order valence-corrected chi connectivity index (χ4v) is 2.88. The Morgan fingerprint density at radius 3 is 2.47 bits per heavy atom. The van der Waals surface area contributed by atoms with Crippen LogP contribution in [0.4, 0.5) is 0 Å². The molecule has 0 bridgehead atoms. The van der Waals surface area contributed by atoms with Gasteiger partial charge < -0.3 is 5.73 Å². The number of hydrogen-bond donors (Lipinski definition) is 1. The molecule has 1 unspecified atom stereocenters. The fraction of sp³-hybridized carbons (Fsp3) is 0.769. The molecule has 3 nitrogen and oxygen atoms in total. The lowest BCUT2D eigenvalue weighted by atomic mass is 10.0. The van der Waals surface area contributed by atoms with Crippen molar-refractivity contribution in [3.8, 4) is 0 Å². The number of hydrogen-bond acceptors (Lipinski definition) is 2. The topological polar surface area (TPSA) is 43.8 Å². The van der Waals surface area contributed by atoms with Crippen LogP contribution in [0.25, 0.3) is 0 Å². The van der Waals surface area contributed by atoms with E-state index >= 15 is 0 Å². The first-order valence-corrected chi connectivity index (χ1v) is 7.28. The zero-order valence-electron chi connectivity index (χ0n) is 11.3. The van der Waals surface area contributed by atoms with Crippen LogP contribution in [-0.2, 0) is 19.4 Å². The van der Waals surface area contributed by atoms with Crippen molar-refractivity contribution >= 4 is 15.9 Å². The van der Waals surface area contributed by atoms with E-state index in [1.807, 2.05) is 0 Å². The summed E-state index contributed by atoms with van der Waals surface area (Å²) < 4.78 is 3.23. The van der Waals surface area contributed by atoms with E-state index in [9.17, 15) is 0 Å². The molecule has 1 aromatic rings. The predicted octanol–water partition coefficient (Wildman–Crippen LogP) is 3.14. The minimum atomic E-state index is 0.220. The third-order valence-corrected chi connectivity index (χ3v) is 3.84. The van der Waals surface area contributed by atoms with Gasteiger partial charge in [-0.05, 0) is 41.6 Å². The molecule has 1 aromatic heterocycles. The van der Waals surface area contributed by atoms with Gasteiger partial charge in [0.2, 0.25) is 0 Å². The van der Waals surface area contributed by atoms with E-state index < -0.39 is 0 Å². The lowest BCUT2D eigenvalue weighted by Gasteiger charge is -2.15. The van der Waals surface area contributed by atoms with E-state index in [1.54, 1.807) is 0 Å². The Labute approximate surface area is 113 Å². The van der Waals surface area contributed by atoms with E-state index in [0.29, 0.717) is 5.92 Å². The van der Waals surface area contributed by atoms with Crippen LogP contribution in [0.15, 0.2) is 4.47 Å². The number of aromatic nitrogens is 2. The van der Waals surface area contributed by atoms with Gasteiger partial charge in [-0.3, -0.25) is 4.68 Å². The van der Waals surface area contributed by atoms with Gasteiger partial charge in [0.25, 0.3) is 0 Å². The summed E-state index contributed by atoms with van der Waals surface area (Å²) in [5, 5.41) is 4.59. The van der Waals surface area contributed by atoms with Crippen LogP contribution in [0, 0.1) is 5.92 Å². The Bertz CT molecular complexity index is 358. The average Bonchev–Trinajstić information content (AvgIpc) is 2.55. The summed E-state index contributed by atoms with van der Waals surface area (Å²) in [5.41, 5.74) is 8.57. The number of nitrogens with zero attached hydrogens (tertiary/aromatic N) is 2. The molecule has 1 atom stereocenters. The molecule has 1 rings (SSSR count). The number of halogens is 1. The Kier molecular flexibility index (Phi) is 5.67. The van der Waals surface area contributed by atoms with E-state index in [4.69, 9.17) is 5.73 Å². The first-order valence-electron chi connectivity index (χ1n) is 6.49. The van der Waals surface area contributed by atoms with Gasteiger partial charge >= 0.3 is 0 Å². The monoisotopic (exact) mass is 301 g/mol. The number of rotatable bonds is 6. The predicted molar refractivity (Wildman–Crippen MR) is 76.1 cm³/mol. The normalized spacial score (nSPS) is 13.4. The molecule has 0 fully saturated rings. The first kappa shape index (κ1) is 14.7. The lowest BCUT2D eigenvalue weighted by Crippen LogP contribution is -2.26. The van der Waals surface area contributed by atoms with Gasteiger partial charge in [-0.15, -0.1) is 0 Å². The van der Waals surface area contributed by atoms with Crippen molar-refractivity contribution in [1.29, 1.82) is 0 Å². The molecule has 98 valence electrons. The van der Waals surface area contributed by atoms with Crippen molar-refractivity contribution in [3.63, 3.8) is 0 Å². The van der Waals surface area contributed by atoms with Crippen molar-refractivity contribution in [3.05, 3.63) is 15.9 Å². The maximum atomic E-state index is 6.19. The lowest BCUT2D eigenvalue weighted by molar-refractivity contribution is 0.477. The molecule has 0 amide bonds. The average molecular weight is 302 g/mol. The Hall–Kier alpha value is -0.350. The minimum absolute atomic E-state index is 0.220. The summed E-state index contributed by atoms with van der Waals surface area (Å²) in [6.45, 7) is 9.58. The highest BCUT2D eigenvalue weighted by Crippen LogP contribution is 2.24. The molecule has 1 heterocycles. The zero-order chi connectivity index (χ0) is 13.0. The summed E-state index contributed by atoms with van der Waals surface area (Å²) in [5.74, 6) is 0.646. The second-order valence-electron chi connectivity index (χ2n) is 4.97. The van der Waals surface area contributed by atoms with E-state index in [1.165, 1.54) is 5.69 Å². The van der Waals surface area contributed by atoms with Crippen molar-refractivity contribution < 1.29 is 0 Å². The fourth-order valence-electron chi connectivity index (χ4n) is 2.15. The van der Waals surface area contributed by atoms with Gasteiger partial charge in [-0.2, -0.15) is 5.10 Å². The van der Waals surface area contributed by atoms with Gasteiger partial charge in [-0.1, -0.05) is 20.8 Å². The SMILES string of the molecule is CCc1nn(CC)c(CC(N)CC(C)C)c1Br. The summed E-state index contributed by atoms with van der Waals surface area (Å²) >= 11 is 3.66. The molecule has 0 saturated carbocycles. The summed E-state index contributed by atoms with van der Waals surface area (Å²) in [6, 6.07) is 0.220. The van der Waals surface area contributed by atoms with Crippen LogP contribution >= 0.6 is 15.9 Å². The van der Waals surface area contributed by atoms with Crippen molar-refractivity contribution in [2.24, 2.45) is 11.7 Å². The van der Waals surface area contributed by atoms with Crippen molar-refractivity contribution in [2.45, 2.75) is 59.5 Å². The smallest absolute Gasteiger partial charge is 0.0766 e. The highest BCUT2D eigenvalue weighted by Gasteiger charge is 2.17. The third kappa shape index (κ3) is 3.81. The maximum Gasteiger partial charge on any atom is 0.0766 e. The van der Waals surface area contributed by atoms with Gasteiger partial charge in [0, 0.05) is 19.0 Å². The number of aryl methyl sites for hydroxylation is 2. The molecule has 17 heavy (non-hydrogen) atoms. The standard InChI is InChI=1S/C13H24BrN3/c1-5-11-13(14)12(17(6-2)16-11)8-10(15)7-9(3)4/h9-10H,5-8,15H2,1-4H3. The maximum absolute atomic E-state index is 6.19. The molecule has 0 aliphatic rings. The van der Waals surface area contributed by atoms with Crippen molar-refractivity contribution in [2.75, 3.05) is 0 Å². The largest absolute Gasteiger partial charge is 0.327 e. The van der Waals surface area contributed by atoms with Crippen LogP contribution in [0.1, 0.15) is 45.5 Å². The van der Waals surface area contributed by atoms with Gasteiger partial charge in [0.1, 0.15) is 0 Å². The highest BCUT2D eigenvalue weighted by molar-refractivity contribution is 9.10.